The monoisotopic (exact) mass is 155 g/mol. The van der Waals surface area contributed by atoms with E-state index in [1.165, 1.54) is 25.8 Å². The van der Waals surface area contributed by atoms with Gasteiger partial charge in [0, 0.05) is 6.04 Å². The van der Waals surface area contributed by atoms with Crippen LogP contribution in [0, 0.1) is 11.8 Å². The van der Waals surface area contributed by atoms with Crippen molar-refractivity contribution in [3.8, 4) is 0 Å². The van der Waals surface area contributed by atoms with Gasteiger partial charge in [-0.05, 0) is 31.2 Å². The Balaban J connectivity index is 1.94. The van der Waals surface area contributed by atoms with Crippen LogP contribution >= 0.6 is 0 Å². The molecule has 0 aromatic carbocycles. The van der Waals surface area contributed by atoms with Gasteiger partial charge in [-0.3, -0.25) is 0 Å². The first-order valence-electron chi connectivity index (χ1n) is 4.97. The van der Waals surface area contributed by atoms with Crippen molar-refractivity contribution in [2.75, 3.05) is 6.54 Å². The molecule has 0 aromatic rings. The number of hydrogen-bond acceptors (Lipinski definition) is 1. The molecule has 66 valence electrons. The SMILES string of the molecule is CCCC(C)CNC1CC1C. The quantitative estimate of drug-likeness (QED) is 0.643. The van der Waals surface area contributed by atoms with Gasteiger partial charge in [-0.15, -0.1) is 0 Å². The lowest BCUT2D eigenvalue weighted by molar-refractivity contribution is 0.468. The maximum Gasteiger partial charge on any atom is 0.00965 e. The third-order valence-corrected chi connectivity index (χ3v) is 2.62. The Bertz CT molecular complexity index is 111. The molecule has 0 amide bonds. The van der Waals surface area contributed by atoms with E-state index in [1.807, 2.05) is 0 Å². The number of nitrogens with one attached hydrogen (secondary N) is 1. The molecule has 1 fully saturated rings. The molecule has 3 atom stereocenters. The summed E-state index contributed by atoms with van der Waals surface area (Å²) in [7, 11) is 0. The normalized spacial score (nSPS) is 31.9. The van der Waals surface area contributed by atoms with Crippen molar-refractivity contribution in [3.05, 3.63) is 0 Å². The van der Waals surface area contributed by atoms with Gasteiger partial charge in [-0.25, -0.2) is 0 Å². The van der Waals surface area contributed by atoms with E-state index >= 15 is 0 Å². The predicted octanol–water partition coefficient (Wildman–Crippen LogP) is 2.42. The molecule has 3 unspecified atom stereocenters. The summed E-state index contributed by atoms with van der Waals surface area (Å²) in [5, 5.41) is 3.59. The van der Waals surface area contributed by atoms with Crippen molar-refractivity contribution < 1.29 is 0 Å². The summed E-state index contributed by atoms with van der Waals surface area (Å²) in [6.07, 6.45) is 4.09. The van der Waals surface area contributed by atoms with Crippen molar-refractivity contribution in [2.45, 2.75) is 46.1 Å². The topological polar surface area (TPSA) is 12.0 Å². The largest absolute Gasteiger partial charge is 0.313 e. The maximum absolute atomic E-state index is 3.59. The molecule has 1 saturated carbocycles. The minimum absolute atomic E-state index is 0.856. The summed E-state index contributed by atoms with van der Waals surface area (Å²) < 4.78 is 0. The fourth-order valence-corrected chi connectivity index (χ4v) is 1.55. The van der Waals surface area contributed by atoms with E-state index in [9.17, 15) is 0 Å². The van der Waals surface area contributed by atoms with E-state index in [1.54, 1.807) is 0 Å². The second-order valence-electron chi connectivity index (χ2n) is 4.12. The molecule has 0 radical (unpaired) electrons. The molecule has 1 rings (SSSR count). The van der Waals surface area contributed by atoms with Crippen LogP contribution in [0.5, 0.6) is 0 Å². The fourth-order valence-electron chi connectivity index (χ4n) is 1.55. The Labute approximate surface area is 70.6 Å². The average Bonchev–Trinajstić information content (AvgIpc) is 2.63. The summed E-state index contributed by atoms with van der Waals surface area (Å²) in [6.45, 7) is 8.14. The Morgan fingerprint density at radius 2 is 2.18 bits per heavy atom. The summed E-state index contributed by atoms with van der Waals surface area (Å²) in [4.78, 5) is 0. The molecule has 1 N–H and O–H groups in total. The minimum Gasteiger partial charge on any atom is -0.313 e. The first-order valence-corrected chi connectivity index (χ1v) is 4.97. The molecular formula is C10H21N. The Morgan fingerprint density at radius 3 is 2.64 bits per heavy atom. The van der Waals surface area contributed by atoms with Crippen LogP contribution in [0.1, 0.15) is 40.0 Å². The van der Waals surface area contributed by atoms with Crippen LogP contribution in [0.4, 0.5) is 0 Å². The van der Waals surface area contributed by atoms with Crippen LogP contribution in [0.25, 0.3) is 0 Å². The first kappa shape index (κ1) is 9.05. The van der Waals surface area contributed by atoms with Gasteiger partial charge in [0.25, 0.3) is 0 Å². The van der Waals surface area contributed by atoms with Crippen molar-refractivity contribution >= 4 is 0 Å². The standard InChI is InChI=1S/C10H21N/c1-4-5-8(2)7-11-10-6-9(10)3/h8-11H,4-7H2,1-3H3. The van der Waals surface area contributed by atoms with Gasteiger partial charge in [0.15, 0.2) is 0 Å². The van der Waals surface area contributed by atoms with Gasteiger partial charge in [0.1, 0.15) is 0 Å². The highest BCUT2D eigenvalue weighted by atomic mass is 15.0. The number of hydrogen-bond donors (Lipinski definition) is 1. The zero-order chi connectivity index (χ0) is 8.27. The summed E-state index contributed by atoms with van der Waals surface area (Å²) in [6, 6.07) is 0.856. The second-order valence-corrected chi connectivity index (χ2v) is 4.12. The van der Waals surface area contributed by atoms with Crippen LogP contribution in [-0.4, -0.2) is 12.6 Å². The highest BCUT2D eigenvalue weighted by molar-refractivity contribution is 4.89. The van der Waals surface area contributed by atoms with E-state index in [-0.39, 0.29) is 0 Å². The summed E-state index contributed by atoms with van der Waals surface area (Å²) in [5.74, 6) is 1.82. The Morgan fingerprint density at radius 1 is 1.55 bits per heavy atom. The molecule has 0 saturated heterocycles. The fraction of sp³-hybridized carbons (Fsp3) is 1.00. The maximum atomic E-state index is 3.59. The lowest BCUT2D eigenvalue weighted by Gasteiger charge is -2.10. The van der Waals surface area contributed by atoms with E-state index in [4.69, 9.17) is 0 Å². The molecule has 1 aliphatic carbocycles. The van der Waals surface area contributed by atoms with Gasteiger partial charge in [-0.1, -0.05) is 27.2 Å². The van der Waals surface area contributed by atoms with Gasteiger partial charge < -0.3 is 5.32 Å². The van der Waals surface area contributed by atoms with Crippen LogP contribution in [0.2, 0.25) is 0 Å². The zero-order valence-corrected chi connectivity index (χ0v) is 8.06. The van der Waals surface area contributed by atoms with Crippen molar-refractivity contribution in [3.63, 3.8) is 0 Å². The van der Waals surface area contributed by atoms with Crippen molar-refractivity contribution in [1.29, 1.82) is 0 Å². The molecule has 0 aromatic heterocycles. The smallest absolute Gasteiger partial charge is 0.00965 e. The summed E-state index contributed by atoms with van der Waals surface area (Å²) in [5.41, 5.74) is 0. The molecular weight excluding hydrogens is 134 g/mol. The lowest BCUT2D eigenvalue weighted by atomic mass is 10.1. The van der Waals surface area contributed by atoms with Gasteiger partial charge >= 0.3 is 0 Å². The highest BCUT2D eigenvalue weighted by Gasteiger charge is 2.31. The lowest BCUT2D eigenvalue weighted by Crippen LogP contribution is -2.24. The third-order valence-electron chi connectivity index (χ3n) is 2.62. The molecule has 0 spiro atoms. The van der Waals surface area contributed by atoms with Gasteiger partial charge in [-0.2, -0.15) is 0 Å². The van der Waals surface area contributed by atoms with E-state index < -0.39 is 0 Å². The van der Waals surface area contributed by atoms with Crippen LogP contribution in [-0.2, 0) is 0 Å². The molecule has 1 aliphatic rings. The minimum atomic E-state index is 0.856. The average molecular weight is 155 g/mol. The van der Waals surface area contributed by atoms with Crippen LogP contribution in [0.3, 0.4) is 0 Å². The molecule has 0 bridgehead atoms. The van der Waals surface area contributed by atoms with E-state index in [0.29, 0.717) is 0 Å². The predicted molar refractivity (Wildman–Crippen MR) is 49.6 cm³/mol. The second kappa shape index (κ2) is 4.10. The molecule has 0 heterocycles. The third kappa shape index (κ3) is 3.24. The van der Waals surface area contributed by atoms with Crippen molar-refractivity contribution in [2.24, 2.45) is 11.8 Å². The van der Waals surface area contributed by atoms with Gasteiger partial charge in [0.05, 0.1) is 0 Å². The summed E-state index contributed by atoms with van der Waals surface area (Å²) >= 11 is 0. The number of rotatable bonds is 5. The zero-order valence-electron chi connectivity index (χ0n) is 8.06. The van der Waals surface area contributed by atoms with Gasteiger partial charge in [0.2, 0.25) is 0 Å². The molecule has 1 nitrogen and oxygen atoms in total. The molecule has 11 heavy (non-hydrogen) atoms. The van der Waals surface area contributed by atoms with Crippen LogP contribution in [0.15, 0.2) is 0 Å². The molecule has 0 aliphatic heterocycles. The first-order chi connectivity index (χ1) is 5.24. The van der Waals surface area contributed by atoms with Crippen LogP contribution < -0.4 is 5.32 Å². The Kier molecular flexibility index (Phi) is 3.38. The Hall–Kier alpha value is -0.0400. The molecule has 1 heteroatoms. The highest BCUT2D eigenvalue weighted by Crippen LogP contribution is 2.29. The van der Waals surface area contributed by atoms with Crippen molar-refractivity contribution in [1.82, 2.24) is 5.32 Å². The van der Waals surface area contributed by atoms with E-state index in [2.05, 4.69) is 26.1 Å². The van der Waals surface area contributed by atoms with E-state index in [0.717, 1.165) is 17.9 Å².